The van der Waals surface area contributed by atoms with Crippen LogP contribution in [0.25, 0.3) is 11.4 Å². The largest absolute Gasteiger partial charge is 0.347 e. The van der Waals surface area contributed by atoms with Gasteiger partial charge < -0.3 is 9.84 Å². The van der Waals surface area contributed by atoms with E-state index in [0.29, 0.717) is 41.7 Å². The maximum atomic E-state index is 11.8. The summed E-state index contributed by atoms with van der Waals surface area (Å²) in [5.41, 5.74) is 0.682. The van der Waals surface area contributed by atoms with E-state index in [4.69, 9.17) is 16.1 Å². The summed E-state index contributed by atoms with van der Waals surface area (Å²) in [5.74, 6) is 0.600. The number of hydrogen-bond acceptors (Lipinski definition) is 7. The number of rotatable bonds is 7. The number of aryl methyl sites for hydroxylation is 1. The van der Waals surface area contributed by atoms with Gasteiger partial charge in [0.1, 0.15) is 6.33 Å². The van der Waals surface area contributed by atoms with E-state index in [0.717, 1.165) is 0 Å². The van der Waals surface area contributed by atoms with Crippen molar-refractivity contribution in [2.24, 2.45) is 0 Å². The predicted molar refractivity (Wildman–Crippen MR) is 83.6 cm³/mol. The van der Waals surface area contributed by atoms with Crippen LogP contribution in [0, 0.1) is 0 Å². The van der Waals surface area contributed by atoms with Crippen LogP contribution in [0.3, 0.4) is 0 Å². The summed E-state index contributed by atoms with van der Waals surface area (Å²) in [5, 5.41) is 17.9. The lowest BCUT2D eigenvalue weighted by molar-refractivity contribution is -0.121. The third kappa shape index (κ3) is 4.13. The quantitative estimate of drug-likeness (QED) is 0.688. The van der Waals surface area contributed by atoms with E-state index in [1.165, 1.54) is 6.33 Å². The molecule has 1 N–H and O–H groups in total. The van der Waals surface area contributed by atoms with Crippen molar-refractivity contribution in [2.75, 3.05) is 0 Å². The number of aromatic nitrogens is 6. The molecule has 24 heavy (non-hydrogen) atoms. The average molecular weight is 348 g/mol. The zero-order valence-corrected chi connectivity index (χ0v) is 13.3. The Hall–Kier alpha value is -2.81. The smallest absolute Gasteiger partial charge is 0.246 e. The second-order valence-electron chi connectivity index (χ2n) is 4.94. The highest BCUT2D eigenvalue weighted by Gasteiger charge is 2.12. The van der Waals surface area contributed by atoms with E-state index in [-0.39, 0.29) is 12.5 Å². The minimum Gasteiger partial charge on any atom is -0.347 e. The van der Waals surface area contributed by atoms with E-state index in [1.54, 1.807) is 16.8 Å². The molecule has 0 aliphatic heterocycles. The van der Waals surface area contributed by atoms with Crippen LogP contribution in [-0.4, -0.2) is 36.3 Å². The van der Waals surface area contributed by atoms with E-state index >= 15 is 0 Å². The molecule has 0 saturated carbocycles. The van der Waals surface area contributed by atoms with Crippen molar-refractivity contribution in [1.82, 2.24) is 35.7 Å². The summed E-state index contributed by atoms with van der Waals surface area (Å²) >= 11 is 6.09. The number of nitrogens with zero attached hydrogens (tertiary/aromatic N) is 6. The second kappa shape index (κ2) is 7.64. The number of tetrazole rings is 1. The van der Waals surface area contributed by atoms with Crippen molar-refractivity contribution in [3.63, 3.8) is 0 Å². The molecule has 0 unspecified atom stereocenters. The highest BCUT2D eigenvalue weighted by Crippen LogP contribution is 2.24. The first-order valence-corrected chi connectivity index (χ1v) is 7.65. The van der Waals surface area contributed by atoms with Crippen LogP contribution in [0.2, 0.25) is 5.02 Å². The van der Waals surface area contributed by atoms with Crippen LogP contribution in [0.1, 0.15) is 18.7 Å². The standard InChI is InChI=1S/C14H14ClN7O2/c15-11-5-2-1-4-10(11)14-18-13(24-19-14)8-16-12(23)6-3-7-22-9-17-20-21-22/h1-2,4-5,9H,3,6-8H2,(H,16,23). The maximum absolute atomic E-state index is 11.8. The third-order valence-electron chi connectivity index (χ3n) is 3.20. The number of carbonyl (C=O) groups is 1. The molecule has 0 aliphatic rings. The summed E-state index contributed by atoms with van der Waals surface area (Å²) in [6.45, 7) is 0.749. The number of halogens is 1. The van der Waals surface area contributed by atoms with Crippen molar-refractivity contribution >= 4 is 17.5 Å². The number of amides is 1. The van der Waals surface area contributed by atoms with Gasteiger partial charge in [-0.05, 0) is 29.0 Å². The molecular weight excluding hydrogens is 334 g/mol. The van der Waals surface area contributed by atoms with Crippen LogP contribution in [0.15, 0.2) is 35.1 Å². The molecule has 9 nitrogen and oxygen atoms in total. The summed E-state index contributed by atoms with van der Waals surface area (Å²) in [6, 6.07) is 7.21. The van der Waals surface area contributed by atoms with Gasteiger partial charge in [-0.1, -0.05) is 28.9 Å². The van der Waals surface area contributed by atoms with Crippen LogP contribution >= 0.6 is 11.6 Å². The molecule has 0 spiro atoms. The minimum absolute atomic E-state index is 0.111. The van der Waals surface area contributed by atoms with Gasteiger partial charge in [0.25, 0.3) is 0 Å². The van der Waals surface area contributed by atoms with E-state index in [1.807, 2.05) is 12.1 Å². The van der Waals surface area contributed by atoms with Crippen LogP contribution in [0.4, 0.5) is 0 Å². The van der Waals surface area contributed by atoms with E-state index in [2.05, 4.69) is 31.0 Å². The van der Waals surface area contributed by atoms with Gasteiger partial charge in [-0.25, -0.2) is 4.68 Å². The molecule has 0 aliphatic carbocycles. The van der Waals surface area contributed by atoms with E-state index < -0.39 is 0 Å². The molecule has 1 amide bonds. The Morgan fingerprint density at radius 1 is 1.33 bits per heavy atom. The molecule has 0 bridgehead atoms. The molecule has 0 atom stereocenters. The summed E-state index contributed by atoms with van der Waals surface area (Å²) in [6.07, 6.45) is 2.49. The molecule has 3 rings (SSSR count). The van der Waals surface area contributed by atoms with Gasteiger partial charge in [0.2, 0.25) is 17.6 Å². The van der Waals surface area contributed by atoms with Gasteiger partial charge in [-0.15, -0.1) is 5.10 Å². The molecular formula is C14H14ClN7O2. The van der Waals surface area contributed by atoms with Gasteiger partial charge in [0.05, 0.1) is 11.6 Å². The highest BCUT2D eigenvalue weighted by molar-refractivity contribution is 6.33. The van der Waals surface area contributed by atoms with Gasteiger partial charge in [0.15, 0.2) is 0 Å². The molecule has 1 aromatic carbocycles. The lowest BCUT2D eigenvalue weighted by Gasteiger charge is -2.02. The fourth-order valence-corrected chi connectivity index (χ4v) is 2.25. The first-order valence-electron chi connectivity index (χ1n) is 7.27. The van der Waals surface area contributed by atoms with Crippen molar-refractivity contribution < 1.29 is 9.32 Å². The summed E-state index contributed by atoms with van der Waals surface area (Å²) in [4.78, 5) is 16.0. The predicted octanol–water partition coefficient (Wildman–Crippen LogP) is 1.47. The van der Waals surface area contributed by atoms with Gasteiger partial charge in [-0.3, -0.25) is 4.79 Å². The monoisotopic (exact) mass is 347 g/mol. The van der Waals surface area contributed by atoms with Gasteiger partial charge in [0, 0.05) is 18.5 Å². The molecule has 10 heteroatoms. The first-order chi connectivity index (χ1) is 11.7. The van der Waals surface area contributed by atoms with E-state index in [9.17, 15) is 4.79 Å². The molecule has 124 valence electrons. The molecule has 3 aromatic rings. The van der Waals surface area contributed by atoms with Crippen LogP contribution < -0.4 is 5.32 Å². The molecule has 0 saturated heterocycles. The Labute approximate surface area is 142 Å². The summed E-state index contributed by atoms with van der Waals surface area (Å²) < 4.78 is 6.69. The Morgan fingerprint density at radius 3 is 3.00 bits per heavy atom. The first kappa shape index (κ1) is 16.1. The Bertz CT molecular complexity index is 803. The Balaban J connectivity index is 1.47. The maximum Gasteiger partial charge on any atom is 0.246 e. The molecule has 2 aromatic heterocycles. The van der Waals surface area contributed by atoms with Crippen molar-refractivity contribution in [1.29, 1.82) is 0 Å². The van der Waals surface area contributed by atoms with Crippen LogP contribution in [0.5, 0.6) is 0 Å². The highest BCUT2D eigenvalue weighted by atomic mass is 35.5. The number of nitrogens with one attached hydrogen (secondary N) is 1. The fourth-order valence-electron chi connectivity index (χ4n) is 2.03. The van der Waals surface area contributed by atoms with Crippen molar-refractivity contribution in [3.05, 3.63) is 41.5 Å². The number of benzene rings is 1. The number of carbonyl (C=O) groups excluding carboxylic acids is 1. The fraction of sp³-hybridized carbons (Fsp3) is 0.286. The van der Waals surface area contributed by atoms with Gasteiger partial charge >= 0.3 is 0 Å². The second-order valence-corrected chi connectivity index (χ2v) is 5.35. The lowest BCUT2D eigenvalue weighted by Crippen LogP contribution is -2.23. The molecule has 0 fully saturated rings. The minimum atomic E-state index is -0.111. The Morgan fingerprint density at radius 2 is 2.21 bits per heavy atom. The molecule has 0 radical (unpaired) electrons. The van der Waals surface area contributed by atoms with Crippen molar-refractivity contribution in [2.45, 2.75) is 25.9 Å². The topological polar surface area (TPSA) is 112 Å². The average Bonchev–Trinajstić information content (AvgIpc) is 3.25. The zero-order valence-electron chi connectivity index (χ0n) is 12.6. The SMILES string of the molecule is O=C(CCCn1cnnn1)NCc1nc(-c2ccccc2Cl)no1. The molecule has 2 heterocycles. The summed E-state index contributed by atoms with van der Waals surface area (Å²) in [7, 11) is 0. The van der Waals surface area contributed by atoms with Crippen molar-refractivity contribution in [3.8, 4) is 11.4 Å². The Kier molecular flexibility index (Phi) is 5.12. The van der Waals surface area contributed by atoms with Gasteiger partial charge in [-0.2, -0.15) is 4.98 Å². The normalized spacial score (nSPS) is 10.7. The lowest BCUT2D eigenvalue weighted by atomic mass is 10.2. The number of hydrogen-bond donors (Lipinski definition) is 1. The third-order valence-corrected chi connectivity index (χ3v) is 3.53. The zero-order chi connectivity index (χ0) is 16.8. The van der Waals surface area contributed by atoms with Crippen LogP contribution in [-0.2, 0) is 17.9 Å².